The third kappa shape index (κ3) is 5.20. The van der Waals surface area contributed by atoms with Gasteiger partial charge in [-0.3, -0.25) is 4.79 Å². The van der Waals surface area contributed by atoms with Crippen LogP contribution in [-0.2, 0) is 14.8 Å². The predicted molar refractivity (Wildman–Crippen MR) is 108 cm³/mol. The Kier molecular flexibility index (Phi) is 8.69. The van der Waals surface area contributed by atoms with E-state index in [2.05, 4.69) is 5.32 Å². The molecule has 0 unspecified atom stereocenters. The van der Waals surface area contributed by atoms with Crippen LogP contribution >= 0.6 is 12.4 Å². The Morgan fingerprint density at radius 2 is 1.85 bits per heavy atom. The molecule has 9 heteroatoms. The van der Waals surface area contributed by atoms with Crippen LogP contribution in [0.1, 0.15) is 42.6 Å². The van der Waals surface area contributed by atoms with Crippen molar-refractivity contribution in [2.75, 3.05) is 32.8 Å². The molecule has 0 aliphatic carbocycles. The molecule has 1 fully saturated rings. The Morgan fingerprint density at radius 3 is 2.37 bits per heavy atom. The van der Waals surface area contributed by atoms with Gasteiger partial charge in [0, 0.05) is 25.2 Å². The second kappa shape index (κ2) is 9.84. The van der Waals surface area contributed by atoms with Crippen LogP contribution < -0.4 is 11.1 Å². The first-order valence-corrected chi connectivity index (χ1v) is 10.4. The van der Waals surface area contributed by atoms with Gasteiger partial charge in [-0.15, -0.1) is 12.4 Å². The van der Waals surface area contributed by atoms with E-state index in [1.165, 1.54) is 10.4 Å². The van der Waals surface area contributed by atoms with Gasteiger partial charge in [-0.25, -0.2) is 8.42 Å². The molecule has 7 nitrogen and oxygen atoms in total. The molecule has 0 atom stereocenters. The fourth-order valence-electron chi connectivity index (χ4n) is 3.02. The van der Waals surface area contributed by atoms with Gasteiger partial charge in [0.15, 0.2) is 0 Å². The number of hydrogen-bond acceptors (Lipinski definition) is 5. The maximum atomic E-state index is 13.0. The van der Waals surface area contributed by atoms with Gasteiger partial charge in [-0.05, 0) is 37.5 Å². The molecule has 1 heterocycles. The van der Waals surface area contributed by atoms with Gasteiger partial charge < -0.3 is 15.8 Å². The van der Waals surface area contributed by atoms with E-state index in [9.17, 15) is 13.2 Å². The minimum absolute atomic E-state index is 0. The molecule has 3 N–H and O–H groups in total. The highest BCUT2D eigenvalue weighted by Gasteiger charge is 2.30. The van der Waals surface area contributed by atoms with Crippen molar-refractivity contribution in [1.82, 2.24) is 9.62 Å². The first-order chi connectivity index (χ1) is 12.3. The number of aryl methyl sites for hydroxylation is 1. The average molecular weight is 420 g/mol. The summed E-state index contributed by atoms with van der Waals surface area (Å²) in [5.41, 5.74) is 6.30. The van der Waals surface area contributed by atoms with Crippen molar-refractivity contribution in [1.29, 1.82) is 0 Å². The minimum atomic E-state index is -3.66. The van der Waals surface area contributed by atoms with E-state index >= 15 is 0 Å². The highest BCUT2D eigenvalue weighted by molar-refractivity contribution is 7.89. The van der Waals surface area contributed by atoms with Crippen LogP contribution in [0.3, 0.4) is 0 Å². The number of sulfonamides is 1. The monoisotopic (exact) mass is 419 g/mol. The lowest BCUT2D eigenvalue weighted by atomic mass is 9.92. The van der Waals surface area contributed by atoms with E-state index in [1.54, 1.807) is 19.1 Å². The normalized spacial score (nSPS) is 15.9. The Labute approximate surface area is 168 Å². The summed E-state index contributed by atoms with van der Waals surface area (Å²) in [5.74, 6) is -0.308. The smallest absolute Gasteiger partial charge is 0.251 e. The van der Waals surface area contributed by atoms with Crippen LogP contribution in [0.4, 0.5) is 0 Å². The number of ether oxygens (including phenoxy) is 1. The number of halogens is 1. The van der Waals surface area contributed by atoms with Gasteiger partial charge in [0.1, 0.15) is 0 Å². The lowest BCUT2D eigenvalue weighted by Gasteiger charge is -2.31. The van der Waals surface area contributed by atoms with Crippen LogP contribution in [0, 0.1) is 6.92 Å². The van der Waals surface area contributed by atoms with Gasteiger partial charge in [0.05, 0.1) is 23.6 Å². The van der Waals surface area contributed by atoms with Crippen LogP contribution in [0.15, 0.2) is 23.1 Å². The fourth-order valence-corrected chi connectivity index (χ4v) is 4.68. The number of morpholine rings is 1. The summed E-state index contributed by atoms with van der Waals surface area (Å²) in [5, 5.41) is 2.98. The quantitative estimate of drug-likeness (QED) is 0.700. The van der Waals surface area contributed by atoms with E-state index in [4.69, 9.17) is 10.5 Å². The summed E-state index contributed by atoms with van der Waals surface area (Å²) >= 11 is 0. The van der Waals surface area contributed by atoms with Crippen molar-refractivity contribution in [3.05, 3.63) is 29.3 Å². The summed E-state index contributed by atoms with van der Waals surface area (Å²) < 4.78 is 32.5. The second-order valence-corrected chi connectivity index (χ2v) is 8.55. The molecule has 1 aliphatic rings. The Morgan fingerprint density at radius 1 is 1.26 bits per heavy atom. The number of carbonyl (C=O) groups excluding carboxylic acids is 1. The Hall–Kier alpha value is -1.19. The van der Waals surface area contributed by atoms with Crippen LogP contribution in [-0.4, -0.2) is 57.0 Å². The summed E-state index contributed by atoms with van der Waals surface area (Å²) in [6.45, 7) is 7.41. The number of benzene rings is 1. The molecule has 1 saturated heterocycles. The molecule has 0 bridgehead atoms. The molecule has 0 radical (unpaired) electrons. The number of nitrogens with one attached hydrogen (secondary N) is 1. The largest absolute Gasteiger partial charge is 0.379 e. The number of nitrogens with zero attached hydrogens (tertiary/aromatic N) is 1. The van der Waals surface area contributed by atoms with Gasteiger partial charge in [-0.1, -0.05) is 19.9 Å². The summed E-state index contributed by atoms with van der Waals surface area (Å²) in [4.78, 5) is 12.9. The first-order valence-electron chi connectivity index (χ1n) is 9.01. The second-order valence-electron chi connectivity index (χ2n) is 6.64. The molecule has 1 aromatic carbocycles. The van der Waals surface area contributed by atoms with Crippen molar-refractivity contribution in [3.8, 4) is 0 Å². The molecule has 154 valence electrons. The molecular weight excluding hydrogens is 390 g/mol. The van der Waals surface area contributed by atoms with Crippen molar-refractivity contribution in [2.45, 2.75) is 44.0 Å². The van der Waals surface area contributed by atoms with Crippen molar-refractivity contribution >= 4 is 28.3 Å². The molecule has 1 aliphatic heterocycles. The number of amides is 1. The summed E-state index contributed by atoms with van der Waals surface area (Å²) in [6.07, 6.45) is 1.41. The van der Waals surface area contributed by atoms with E-state index in [-0.39, 0.29) is 23.2 Å². The van der Waals surface area contributed by atoms with Crippen molar-refractivity contribution in [3.63, 3.8) is 0 Å². The molecule has 0 saturated carbocycles. The van der Waals surface area contributed by atoms with Crippen LogP contribution in [0.5, 0.6) is 0 Å². The number of rotatable bonds is 7. The summed E-state index contributed by atoms with van der Waals surface area (Å²) in [7, 11) is -3.66. The van der Waals surface area contributed by atoms with Gasteiger partial charge >= 0.3 is 0 Å². The number of nitrogens with two attached hydrogens (primary N) is 1. The summed E-state index contributed by atoms with van der Waals surface area (Å²) in [6, 6.07) is 4.78. The topological polar surface area (TPSA) is 102 Å². The zero-order chi connectivity index (χ0) is 19.4. The molecule has 27 heavy (non-hydrogen) atoms. The molecule has 0 spiro atoms. The van der Waals surface area contributed by atoms with E-state index in [0.29, 0.717) is 56.8 Å². The molecular formula is C18H30ClN3O4S. The minimum Gasteiger partial charge on any atom is -0.379 e. The van der Waals surface area contributed by atoms with Gasteiger partial charge in [0.25, 0.3) is 5.91 Å². The molecule has 2 rings (SSSR count). The number of hydrogen-bond donors (Lipinski definition) is 2. The SMILES string of the molecule is CCC(CC)(CN)NC(=O)c1ccc(C)c(S(=O)(=O)N2CCOCC2)c1.Cl. The third-order valence-electron chi connectivity index (χ3n) is 5.16. The fraction of sp³-hybridized carbons (Fsp3) is 0.611. The standard InChI is InChI=1S/C18H29N3O4S.ClH/c1-4-18(5-2,13-19)20-17(22)15-7-6-14(3)16(12-15)26(23,24)21-8-10-25-11-9-21;/h6-7,12H,4-5,8-11,13,19H2,1-3H3,(H,20,22);1H. The van der Waals surface area contributed by atoms with E-state index < -0.39 is 15.6 Å². The van der Waals surface area contributed by atoms with Crippen LogP contribution in [0.2, 0.25) is 0 Å². The molecule has 1 aromatic rings. The average Bonchev–Trinajstić information content (AvgIpc) is 2.67. The van der Waals surface area contributed by atoms with Crippen LogP contribution in [0.25, 0.3) is 0 Å². The zero-order valence-corrected chi connectivity index (χ0v) is 17.8. The lowest BCUT2D eigenvalue weighted by Crippen LogP contribution is -2.52. The van der Waals surface area contributed by atoms with Crippen molar-refractivity contribution in [2.24, 2.45) is 5.73 Å². The van der Waals surface area contributed by atoms with Gasteiger partial charge in [-0.2, -0.15) is 4.31 Å². The molecule has 1 amide bonds. The zero-order valence-electron chi connectivity index (χ0n) is 16.2. The van der Waals surface area contributed by atoms with Gasteiger partial charge in [0.2, 0.25) is 10.0 Å². The highest BCUT2D eigenvalue weighted by Crippen LogP contribution is 2.23. The lowest BCUT2D eigenvalue weighted by molar-refractivity contribution is 0.0730. The Balaban J connectivity index is 0.00000364. The maximum absolute atomic E-state index is 13.0. The number of carbonyl (C=O) groups is 1. The van der Waals surface area contributed by atoms with E-state index in [1.807, 2.05) is 13.8 Å². The maximum Gasteiger partial charge on any atom is 0.251 e. The van der Waals surface area contributed by atoms with Crippen molar-refractivity contribution < 1.29 is 17.9 Å². The van der Waals surface area contributed by atoms with E-state index in [0.717, 1.165) is 0 Å². The highest BCUT2D eigenvalue weighted by atomic mass is 35.5. The first kappa shape index (κ1) is 23.8. The predicted octanol–water partition coefficient (Wildman–Crippen LogP) is 1.69. The third-order valence-corrected chi connectivity index (χ3v) is 7.20. The Bertz CT molecular complexity index is 737. The molecule has 0 aromatic heterocycles.